The van der Waals surface area contributed by atoms with E-state index in [-0.39, 0.29) is 36.3 Å². The number of carbonyl (C=O) groups excluding carboxylic acids is 3. The third kappa shape index (κ3) is 5.84. The number of carbonyl (C=O) groups is 3. The molecule has 2 atom stereocenters. The minimum atomic E-state index is -0.393. The predicted octanol–water partition coefficient (Wildman–Crippen LogP) is 3.64. The fourth-order valence-corrected chi connectivity index (χ4v) is 5.69. The van der Waals surface area contributed by atoms with Crippen molar-refractivity contribution in [2.24, 2.45) is 0 Å². The maximum Gasteiger partial charge on any atom is 0.322 e. The molecule has 8 nitrogen and oxygen atoms in total. The molecule has 0 aliphatic carbocycles. The van der Waals surface area contributed by atoms with Crippen molar-refractivity contribution in [1.82, 2.24) is 20.0 Å². The molecule has 3 heterocycles. The average Bonchev–Trinajstić information content (AvgIpc) is 3.16. The van der Waals surface area contributed by atoms with Gasteiger partial charge in [0.05, 0.1) is 5.69 Å². The van der Waals surface area contributed by atoms with Crippen LogP contribution in [0.5, 0.6) is 0 Å². The lowest BCUT2D eigenvalue weighted by molar-refractivity contribution is -0.131. The highest BCUT2D eigenvalue weighted by molar-refractivity contribution is 6.31. The summed E-state index contributed by atoms with van der Waals surface area (Å²) in [5.74, 6) is -0.503. The molecule has 3 fully saturated rings. The van der Waals surface area contributed by atoms with Crippen molar-refractivity contribution in [2.75, 3.05) is 38.0 Å². The predicted molar refractivity (Wildman–Crippen MR) is 144 cm³/mol. The molecule has 200 valence electrons. The molecule has 4 amide bonds. The van der Waals surface area contributed by atoms with E-state index in [0.717, 1.165) is 43.6 Å². The van der Waals surface area contributed by atoms with Crippen molar-refractivity contribution in [3.63, 3.8) is 0 Å². The van der Waals surface area contributed by atoms with E-state index < -0.39 is 6.03 Å². The second kappa shape index (κ2) is 11.1. The number of piperazine rings is 2. The smallest absolute Gasteiger partial charge is 0.322 e. The van der Waals surface area contributed by atoms with Gasteiger partial charge in [0.15, 0.2) is 0 Å². The first-order valence-electron chi connectivity index (χ1n) is 12.9. The van der Waals surface area contributed by atoms with Crippen molar-refractivity contribution < 1.29 is 18.8 Å². The number of amides is 4. The van der Waals surface area contributed by atoms with Crippen molar-refractivity contribution in [2.45, 2.75) is 38.4 Å². The lowest BCUT2D eigenvalue weighted by Gasteiger charge is -2.40. The molecule has 2 aromatic rings. The summed E-state index contributed by atoms with van der Waals surface area (Å²) >= 11 is 6.34. The highest BCUT2D eigenvalue weighted by Gasteiger charge is 2.41. The molecule has 0 saturated carbocycles. The van der Waals surface area contributed by atoms with Gasteiger partial charge >= 0.3 is 6.03 Å². The molecule has 0 spiro atoms. The van der Waals surface area contributed by atoms with Crippen molar-refractivity contribution >= 4 is 41.2 Å². The van der Waals surface area contributed by atoms with Gasteiger partial charge in [-0.1, -0.05) is 23.7 Å². The summed E-state index contributed by atoms with van der Waals surface area (Å²) in [7, 11) is 0. The van der Waals surface area contributed by atoms with Crippen LogP contribution < -0.4 is 10.6 Å². The number of nitrogens with one attached hydrogen (secondary N) is 2. The van der Waals surface area contributed by atoms with Gasteiger partial charge in [-0.25, -0.2) is 9.18 Å². The molecule has 3 saturated heterocycles. The van der Waals surface area contributed by atoms with Crippen molar-refractivity contribution in [3.05, 3.63) is 70.0 Å². The Morgan fingerprint density at radius 2 is 1.87 bits per heavy atom. The molecule has 10 heteroatoms. The standard InChI is InChI=1S/C28H31ClFN5O3/c1-18-12-20(25(13-24(18)29)32-28(38)34-11-10-31-26(36)17-34)4-9-27(37)35-22-7-8-23(35)16-33(15-22)14-19-2-5-21(30)6-3-19/h2-6,9,12-13,22-23H,7-8,10-11,14-17H2,1H3,(H,31,36)(H,32,38). The SMILES string of the molecule is Cc1cc(C=CC(=O)N2C3CCC2CN(Cc2ccc(F)cc2)C3)c(NC(=O)N2CCNC(=O)C2)cc1Cl. The topological polar surface area (TPSA) is 85.0 Å². The monoisotopic (exact) mass is 539 g/mol. The van der Waals surface area contributed by atoms with Crippen LogP contribution in [0.3, 0.4) is 0 Å². The van der Waals surface area contributed by atoms with Gasteiger partial charge in [-0.2, -0.15) is 0 Å². The van der Waals surface area contributed by atoms with Crippen LogP contribution in [0.2, 0.25) is 5.02 Å². The zero-order valence-corrected chi connectivity index (χ0v) is 22.0. The van der Waals surface area contributed by atoms with E-state index >= 15 is 0 Å². The van der Waals surface area contributed by atoms with E-state index in [1.807, 2.05) is 30.0 Å². The molecule has 5 rings (SSSR count). The van der Waals surface area contributed by atoms with Crippen LogP contribution in [0.25, 0.3) is 6.08 Å². The molecule has 3 aliphatic rings. The third-order valence-corrected chi connectivity index (χ3v) is 7.84. The first kappa shape index (κ1) is 26.2. The van der Waals surface area contributed by atoms with Gasteiger partial charge in [-0.15, -0.1) is 0 Å². The molecule has 2 aromatic carbocycles. The third-order valence-electron chi connectivity index (χ3n) is 7.44. The number of hydrogen-bond donors (Lipinski definition) is 2. The number of anilines is 1. The molecular weight excluding hydrogens is 509 g/mol. The molecule has 38 heavy (non-hydrogen) atoms. The quantitative estimate of drug-likeness (QED) is 0.568. The van der Waals surface area contributed by atoms with E-state index in [1.54, 1.807) is 18.2 Å². The Morgan fingerprint density at radius 1 is 1.16 bits per heavy atom. The number of rotatable bonds is 5. The van der Waals surface area contributed by atoms with Gasteiger partial charge in [-0.3, -0.25) is 14.5 Å². The zero-order chi connectivity index (χ0) is 26.8. The van der Waals surface area contributed by atoms with Gasteiger partial charge in [0.1, 0.15) is 12.4 Å². The second-order valence-electron chi connectivity index (χ2n) is 10.2. The van der Waals surface area contributed by atoms with E-state index in [1.165, 1.54) is 17.0 Å². The summed E-state index contributed by atoms with van der Waals surface area (Å²) in [5, 5.41) is 6.05. The Labute approximate surface area is 226 Å². The number of aryl methyl sites for hydroxylation is 1. The normalized spacial score (nSPS) is 21.6. The molecule has 2 N–H and O–H groups in total. The van der Waals surface area contributed by atoms with Crippen LogP contribution in [0, 0.1) is 12.7 Å². The van der Waals surface area contributed by atoms with Gasteiger partial charge in [0.2, 0.25) is 11.8 Å². The van der Waals surface area contributed by atoms with Crippen molar-refractivity contribution in [1.29, 1.82) is 0 Å². The maximum absolute atomic E-state index is 13.3. The van der Waals surface area contributed by atoms with Crippen LogP contribution in [-0.2, 0) is 16.1 Å². The molecule has 2 unspecified atom stereocenters. The average molecular weight is 540 g/mol. The minimum absolute atomic E-state index is 0.00893. The van der Waals surface area contributed by atoms with Gasteiger partial charge < -0.3 is 20.4 Å². The Bertz CT molecular complexity index is 1250. The minimum Gasteiger partial charge on any atom is -0.353 e. The van der Waals surface area contributed by atoms with Crippen molar-refractivity contribution in [3.8, 4) is 0 Å². The lowest BCUT2D eigenvalue weighted by atomic mass is 10.1. The van der Waals surface area contributed by atoms with Crippen LogP contribution in [-0.4, -0.2) is 77.4 Å². The zero-order valence-electron chi connectivity index (χ0n) is 21.3. The summed E-state index contributed by atoms with van der Waals surface area (Å²) < 4.78 is 13.3. The van der Waals surface area contributed by atoms with Crippen LogP contribution >= 0.6 is 11.6 Å². The Hall–Kier alpha value is -3.43. The van der Waals surface area contributed by atoms with Gasteiger partial charge in [0, 0.05) is 55.9 Å². The van der Waals surface area contributed by atoms with E-state index in [2.05, 4.69) is 15.5 Å². The summed E-state index contributed by atoms with van der Waals surface area (Å²) in [6.45, 7) is 4.96. The Kier molecular flexibility index (Phi) is 7.67. The molecule has 2 bridgehead atoms. The van der Waals surface area contributed by atoms with Crippen LogP contribution in [0.4, 0.5) is 14.9 Å². The van der Waals surface area contributed by atoms with E-state index in [4.69, 9.17) is 11.6 Å². The fraction of sp³-hybridized carbons (Fsp3) is 0.393. The van der Waals surface area contributed by atoms with Gasteiger partial charge in [-0.05, 0) is 66.8 Å². The molecular formula is C28H31ClFN5O3. The summed E-state index contributed by atoms with van der Waals surface area (Å²) in [4.78, 5) is 43.5. The number of hydrogen-bond acceptors (Lipinski definition) is 4. The van der Waals surface area contributed by atoms with Gasteiger partial charge in [0.25, 0.3) is 0 Å². The second-order valence-corrected chi connectivity index (χ2v) is 10.6. The molecule has 3 aliphatic heterocycles. The van der Waals surface area contributed by atoms with Crippen LogP contribution in [0.15, 0.2) is 42.5 Å². The fourth-order valence-electron chi connectivity index (χ4n) is 5.53. The molecule has 0 radical (unpaired) electrons. The molecule has 0 aromatic heterocycles. The van der Waals surface area contributed by atoms with E-state index in [9.17, 15) is 18.8 Å². The summed E-state index contributed by atoms with van der Waals surface area (Å²) in [6, 6.07) is 9.94. The summed E-state index contributed by atoms with van der Waals surface area (Å²) in [5.41, 5.74) is 3.03. The maximum atomic E-state index is 13.3. The number of benzene rings is 2. The number of fused-ring (bicyclic) bond motifs is 2. The Morgan fingerprint density at radius 3 is 2.55 bits per heavy atom. The van der Waals surface area contributed by atoms with Crippen LogP contribution in [0.1, 0.15) is 29.5 Å². The number of nitrogens with zero attached hydrogens (tertiary/aromatic N) is 3. The highest BCUT2D eigenvalue weighted by Crippen LogP contribution is 2.32. The summed E-state index contributed by atoms with van der Waals surface area (Å²) in [6.07, 6.45) is 5.19. The lowest BCUT2D eigenvalue weighted by Crippen LogP contribution is -2.55. The first-order valence-corrected chi connectivity index (χ1v) is 13.2. The van der Waals surface area contributed by atoms with E-state index in [0.29, 0.717) is 29.4 Å². The first-order chi connectivity index (χ1) is 18.3. The number of halogens is 2. The number of likely N-dealkylation sites (tertiary alicyclic amines) is 1. The number of urea groups is 1. The largest absolute Gasteiger partial charge is 0.353 e. The Balaban J connectivity index is 1.26. The highest BCUT2D eigenvalue weighted by atomic mass is 35.5.